The van der Waals surface area contributed by atoms with E-state index in [4.69, 9.17) is 0 Å². The van der Waals surface area contributed by atoms with Gasteiger partial charge >= 0.3 is 0 Å². The molecular weight excluding hydrogens is 249 g/mol. The maximum Gasteiger partial charge on any atom is 0.123 e. The van der Waals surface area contributed by atoms with Crippen molar-refractivity contribution in [2.75, 3.05) is 13.6 Å². The molecule has 0 heterocycles. The number of hydrogen-bond donors (Lipinski definition) is 1. The van der Waals surface area contributed by atoms with Gasteiger partial charge in [-0.25, -0.2) is 4.39 Å². The highest BCUT2D eigenvalue weighted by molar-refractivity contribution is 5.83. The van der Waals surface area contributed by atoms with Gasteiger partial charge in [-0.05, 0) is 48.4 Å². The molecule has 1 nitrogen and oxygen atoms in total. The van der Waals surface area contributed by atoms with Gasteiger partial charge in [0.15, 0.2) is 0 Å². The van der Waals surface area contributed by atoms with E-state index in [1.165, 1.54) is 37.7 Å². The fourth-order valence-electron chi connectivity index (χ4n) is 3.68. The third-order valence-electron chi connectivity index (χ3n) is 4.74. The lowest BCUT2D eigenvalue weighted by Crippen LogP contribution is -2.38. The molecule has 0 bridgehead atoms. The smallest absolute Gasteiger partial charge is 0.123 e. The van der Waals surface area contributed by atoms with E-state index in [9.17, 15) is 4.39 Å². The van der Waals surface area contributed by atoms with Crippen molar-refractivity contribution in [1.29, 1.82) is 0 Å². The second-order valence-corrected chi connectivity index (χ2v) is 6.08. The van der Waals surface area contributed by atoms with Crippen molar-refractivity contribution in [3.63, 3.8) is 0 Å². The van der Waals surface area contributed by atoms with Crippen molar-refractivity contribution < 1.29 is 4.39 Å². The molecule has 3 rings (SSSR count). The predicted molar refractivity (Wildman–Crippen MR) is 82.6 cm³/mol. The van der Waals surface area contributed by atoms with Crippen LogP contribution in [-0.2, 0) is 5.41 Å². The van der Waals surface area contributed by atoms with E-state index in [1.807, 2.05) is 13.1 Å². The Hall–Kier alpha value is -1.41. The van der Waals surface area contributed by atoms with Crippen molar-refractivity contribution in [1.82, 2.24) is 5.32 Å². The van der Waals surface area contributed by atoms with E-state index in [-0.39, 0.29) is 11.2 Å². The third-order valence-corrected chi connectivity index (χ3v) is 4.74. The highest BCUT2D eigenvalue weighted by atomic mass is 19.1. The summed E-state index contributed by atoms with van der Waals surface area (Å²) in [5.74, 6) is -0.159. The molecule has 1 N–H and O–H groups in total. The zero-order valence-corrected chi connectivity index (χ0v) is 12.1. The molecule has 0 amide bonds. The Balaban J connectivity index is 2.04. The van der Waals surface area contributed by atoms with Crippen LogP contribution >= 0.6 is 0 Å². The largest absolute Gasteiger partial charge is 0.319 e. The Kier molecular flexibility index (Phi) is 3.75. The molecule has 0 aromatic heterocycles. The van der Waals surface area contributed by atoms with E-state index >= 15 is 0 Å². The maximum absolute atomic E-state index is 13.3. The Morgan fingerprint density at radius 3 is 2.45 bits per heavy atom. The summed E-state index contributed by atoms with van der Waals surface area (Å²) in [7, 11) is 2.03. The van der Waals surface area contributed by atoms with E-state index in [2.05, 4.69) is 23.5 Å². The first-order chi connectivity index (χ1) is 9.73. The van der Waals surface area contributed by atoms with Gasteiger partial charge in [-0.1, -0.05) is 43.5 Å². The molecule has 1 aliphatic rings. The van der Waals surface area contributed by atoms with Crippen LogP contribution in [0.2, 0.25) is 0 Å². The normalized spacial score (nSPS) is 18.3. The number of likely N-dealkylation sites (N-methyl/N-ethyl adjacent to an activating group) is 1. The monoisotopic (exact) mass is 271 g/mol. The Morgan fingerprint density at radius 2 is 1.70 bits per heavy atom. The van der Waals surface area contributed by atoms with Gasteiger partial charge in [0.25, 0.3) is 0 Å². The Bertz CT molecular complexity index is 594. The molecule has 2 heteroatoms. The first-order valence-electron chi connectivity index (χ1n) is 7.58. The van der Waals surface area contributed by atoms with Gasteiger partial charge in [-0.2, -0.15) is 0 Å². The summed E-state index contributed by atoms with van der Waals surface area (Å²) in [5.41, 5.74) is 1.67. The molecule has 0 radical (unpaired) electrons. The minimum Gasteiger partial charge on any atom is -0.319 e. The zero-order valence-electron chi connectivity index (χ0n) is 12.1. The summed E-state index contributed by atoms with van der Waals surface area (Å²) < 4.78 is 13.3. The number of benzene rings is 2. The van der Waals surface area contributed by atoms with Gasteiger partial charge in [0.05, 0.1) is 0 Å². The van der Waals surface area contributed by atoms with Crippen LogP contribution in [0.15, 0.2) is 36.4 Å². The molecule has 0 spiro atoms. The van der Waals surface area contributed by atoms with Gasteiger partial charge in [0, 0.05) is 12.0 Å². The fourth-order valence-corrected chi connectivity index (χ4v) is 3.68. The number of halogens is 1. The van der Waals surface area contributed by atoms with Crippen LogP contribution in [0, 0.1) is 5.82 Å². The highest BCUT2D eigenvalue weighted by Gasteiger charge is 2.33. The van der Waals surface area contributed by atoms with E-state index < -0.39 is 0 Å². The summed E-state index contributed by atoms with van der Waals surface area (Å²) in [5, 5.41) is 5.51. The molecule has 106 valence electrons. The lowest BCUT2D eigenvalue weighted by molar-refractivity contribution is 0.286. The standard InChI is InChI=1S/C18H22FN/c1-20-13-18(9-3-2-4-10-18)16-7-5-15-12-17(19)8-6-14(15)11-16/h5-8,11-12,20H,2-4,9-10,13H2,1H3. The summed E-state index contributed by atoms with van der Waals surface area (Å²) in [6.07, 6.45) is 6.47. The van der Waals surface area contributed by atoms with E-state index in [1.54, 1.807) is 12.1 Å². The highest BCUT2D eigenvalue weighted by Crippen LogP contribution is 2.39. The summed E-state index contributed by atoms with van der Waals surface area (Å²) in [4.78, 5) is 0. The van der Waals surface area contributed by atoms with Crippen LogP contribution in [0.1, 0.15) is 37.7 Å². The average Bonchev–Trinajstić information content (AvgIpc) is 2.48. The van der Waals surface area contributed by atoms with Crippen LogP contribution in [0.5, 0.6) is 0 Å². The second-order valence-electron chi connectivity index (χ2n) is 6.08. The summed E-state index contributed by atoms with van der Waals surface area (Å²) in [6.45, 7) is 1.03. The van der Waals surface area contributed by atoms with Crippen molar-refractivity contribution in [2.45, 2.75) is 37.5 Å². The van der Waals surface area contributed by atoms with Crippen LogP contribution in [0.3, 0.4) is 0 Å². The first kappa shape index (κ1) is 13.6. The Morgan fingerprint density at radius 1 is 1.00 bits per heavy atom. The molecule has 1 aliphatic carbocycles. The summed E-state index contributed by atoms with van der Waals surface area (Å²) in [6, 6.07) is 11.6. The summed E-state index contributed by atoms with van der Waals surface area (Å²) >= 11 is 0. The molecule has 0 saturated heterocycles. The quantitative estimate of drug-likeness (QED) is 0.872. The van der Waals surface area contributed by atoms with Crippen molar-refractivity contribution >= 4 is 10.8 Å². The minimum absolute atomic E-state index is 0.159. The molecule has 1 fully saturated rings. The number of nitrogens with one attached hydrogen (secondary N) is 1. The predicted octanol–water partition coefficient (Wildman–Crippen LogP) is 4.40. The molecule has 2 aromatic rings. The maximum atomic E-state index is 13.3. The number of fused-ring (bicyclic) bond motifs is 1. The van der Waals surface area contributed by atoms with Crippen LogP contribution in [-0.4, -0.2) is 13.6 Å². The van der Waals surface area contributed by atoms with Gasteiger partial charge in [-0.15, -0.1) is 0 Å². The molecule has 0 aliphatic heterocycles. The average molecular weight is 271 g/mol. The molecule has 2 aromatic carbocycles. The minimum atomic E-state index is -0.159. The lowest BCUT2D eigenvalue weighted by atomic mass is 9.69. The Labute approximate surface area is 120 Å². The van der Waals surface area contributed by atoms with Crippen LogP contribution < -0.4 is 5.32 Å². The number of rotatable bonds is 3. The van der Waals surface area contributed by atoms with Gasteiger partial charge in [0.1, 0.15) is 5.82 Å². The van der Waals surface area contributed by atoms with E-state index in [0.29, 0.717) is 0 Å². The van der Waals surface area contributed by atoms with Crippen molar-refractivity contribution in [3.8, 4) is 0 Å². The van der Waals surface area contributed by atoms with E-state index in [0.717, 1.165) is 17.3 Å². The van der Waals surface area contributed by atoms with Crippen LogP contribution in [0.25, 0.3) is 10.8 Å². The molecule has 0 unspecified atom stereocenters. The fraction of sp³-hybridized carbons (Fsp3) is 0.444. The molecule has 20 heavy (non-hydrogen) atoms. The third kappa shape index (κ3) is 2.45. The zero-order chi connectivity index (χ0) is 14.0. The molecule has 1 saturated carbocycles. The van der Waals surface area contributed by atoms with Crippen molar-refractivity contribution in [3.05, 3.63) is 47.8 Å². The number of hydrogen-bond acceptors (Lipinski definition) is 1. The second kappa shape index (κ2) is 5.53. The molecule has 0 atom stereocenters. The van der Waals surface area contributed by atoms with Gasteiger partial charge in [0.2, 0.25) is 0 Å². The topological polar surface area (TPSA) is 12.0 Å². The lowest BCUT2D eigenvalue weighted by Gasteiger charge is -2.38. The SMILES string of the molecule is CNCC1(c2ccc3cc(F)ccc3c2)CCCCC1. The van der Waals surface area contributed by atoms with Gasteiger partial charge in [-0.3, -0.25) is 0 Å². The van der Waals surface area contributed by atoms with Gasteiger partial charge < -0.3 is 5.32 Å². The van der Waals surface area contributed by atoms with Crippen LogP contribution in [0.4, 0.5) is 4.39 Å². The first-order valence-corrected chi connectivity index (χ1v) is 7.58. The molecular formula is C18H22FN. The van der Waals surface area contributed by atoms with Crippen molar-refractivity contribution in [2.24, 2.45) is 0 Å².